The summed E-state index contributed by atoms with van der Waals surface area (Å²) in [5, 5.41) is 0. The Morgan fingerprint density at radius 2 is 1.49 bits per heavy atom. The maximum atomic E-state index is 14.6. The standard InChI is InChI=1S/C37H38F3N3O2/c1-3-5-21-43-34(35(30-14-10-15-31(38)23-30)41-36(43)29-12-7-6-8-13-29)26-42(25-28-11-9-16-33(22-28)44-4-2)24-27-17-19-32(20-18-27)45-37(39)40/h6-20,22-23,37H,3-5,21,24-26H2,1-2H3. The average molecular weight is 614 g/mol. The van der Waals surface area contributed by atoms with Crippen molar-refractivity contribution in [2.45, 2.75) is 59.5 Å². The maximum absolute atomic E-state index is 14.6. The third-order valence-corrected chi connectivity index (χ3v) is 7.48. The van der Waals surface area contributed by atoms with Crippen LogP contribution < -0.4 is 9.47 Å². The first kappa shape index (κ1) is 31.9. The van der Waals surface area contributed by atoms with Crippen LogP contribution in [0.5, 0.6) is 11.5 Å². The van der Waals surface area contributed by atoms with Crippen LogP contribution in [0, 0.1) is 5.82 Å². The minimum Gasteiger partial charge on any atom is -0.494 e. The monoisotopic (exact) mass is 613 g/mol. The lowest BCUT2D eigenvalue weighted by atomic mass is 10.1. The zero-order valence-corrected chi connectivity index (χ0v) is 25.6. The minimum atomic E-state index is -2.88. The zero-order valence-electron chi connectivity index (χ0n) is 25.6. The van der Waals surface area contributed by atoms with Crippen LogP contribution in [0.3, 0.4) is 0 Å². The molecule has 0 bridgehead atoms. The first-order chi connectivity index (χ1) is 21.9. The number of benzene rings is 4. The SMILES string of the molecule is CCCCn1c(-c2ccccc2)nc(-c2cccc(F)c2)c1CN(Cc1ccc(OC(F)F)cc1)Cc1cccc(OCC)c1. The molecule has 45 heavy (non-hydrogen) atoms. The second kappa shape index (κ2) is 15.4. The molecule has 1 heterocycles. The van der Waals surface area contributed by atoms with Crippen LogP contribution in [0.4, 0.5) is 13.2 Å². The molecule has 0 fully saturated rings. The maximum Gasteiger partial charge on any atom is 0.387 e. The Kier molecular flexibility index (Phi) is 10.9. The van der Waals surface area contributed by atoms with Gasteiger partial charge >= 0.3 is 6.61 Å². The molecular formula is C37H38F3N3O2. The van der Waals surface area contributed by atoms with Gasteiger partial charge in [0, 0.05) is 37.3 Å². The normalized spacial score (nSPS) is 11.4. The number of alkyl halides is 2. The Balaban J connectivity index is 1.59. The largest absolute Gasteiger partial charge is 0.494 e. The second-order valence-electron chi connectivity index (χ2n) is 10.9. The zero-order chi connectivity index (χ0) is 31.6. The van der Waals surface area contributed by atoms with Gasteiger partial charge in [0.2, 0.25) is 0 Å². The van der Waals surface area contributed by atoms with Gasteiger partial charge in [-0.15, -0.1) is 0 Å². The van der Waals surface area contributed by atoms with Crippen molar-refractivity contribution in [3.05, 3.63) is 126 Å². The van der Waals surface area contributed by atoms with Crippen molar-refractivity contribution in [3.63, 3.8) is 0 Å². The second-order valence-corrected chi connectivity index (χ2v) is 10.9. The topological polar surface area (TPSA) is 39.5 Å². The van der Waals surface area contributed by atoms with Gasteiger partial charge in [-0.05, 0) is 60.9 Å². The summed E-state index contributed by atoms with van der Waals surface area (Å²) in [7, 11) is 0. The first-order valence-electron chi connectivity index (χ1n) is 15.3. The van der Waals surface area contributed by atoms with Gasteiger partial charge in [-0.25, -0.2) is 9.37 Å². The summed E-state index contributed by atoms with van der Waals surface area (Å²) >= 11 is 0. The van der Waals surface area contributed by atoms with Crippen molar-refractivity contribution in [2.24, 2.45) is 0 Å². The van der Waals surface area contributed by atoms with E-state index in [9.17, 15) is 13.2 Å². The van der Waals surface area contributed by atoms with Gasteiger partial charge in [0.05, 0.1) is 18.0 Å². The van der Waals surface area contributed by atoms with Crippen molar-refractivity contribution in [3.8, 4) is 34.1 Å². The Bertz CT molecular complexity index is 1660. The Hall–Kier alpha value is -4.56. The lowest BCUT2D eigenvalue weighted by molar-refractivity contribution is -0.0498. The molecule has 0 amide bonds. The van der Waals surface area contributed by atoms with E-state index in [0.717, 1.165) is 59.0 Å². The predicted octanol–water partition coefficient (Wildman–Crippen LogP) is 9.36. The summed E-state index contributed by atoms with van der Waals surface area (Å²) in [6.45, 7) is 4.16. The van der Waals surface area contributed by atoms with E-state index in [1.807, 2.05) is 61.5 Å². The van der Waals surface area contributed by atoms with Crippen LogP contribution in [0.25, 0.3) is 22.6 Å². The van der Waals surface area contributed by atoms with Gasteiger partial charge < -0.3 is 14.0 Å². The Morgan fingerprint density at radius 3 is 2.20 bits per heavy atom. The molecule has 0 saturated heterocycles. The van der Waals surface area contributed by atoms with Crippen molar-refractivity contribution in [2.75, 3.05) is 6.61 Å². The number of ether oxygens (including phenoxy) is 2. The summed E-state index contributed by atoms with van der Waals surface area (Å²) in [4.78, 5) is 7.43. The van der Waals surface area contributed by atoms with Crippen LogP contribution in [0.1, 0.15) is 43.5 Å². The van der Waals surface area contributed by atoms with Gasteiger partial charge in [-0.1, -0.05) is 80.1 Å². The van der Waals surface area contributed by atoms with E-state index in [1.165, 1.54) is 12.1 Å². The molecule has 5 nitrogen and oxygen atoms in total. The molecule has 0 unspecified atom stereocenters. The van der Waals surface area contributed by atoms with Crippen molar-refractivity contribution >= 4 is 0 Å². The highest BCUT2D eigenvalue weighted by atomic mass is 19.3. The van der Waals surface area contributed by atoms with Crippen LogP contribution >= 0.6 is 0 Å². The fourth-order valence-corrected chi connectivity index (χ4v) is 5.45. The molecule has 8 heteroatoms. The minimum absolute atomic E-state index is 0.114. The van der Waals surface area contributed by atoms with E-state index in [4.69, 9.17) is 9.72 Å². The number of hydrogen-bond donors (Lipinski definition) is 0. The van der Waals surface area contributed by atoms with Gasteiger partial charge in [-0.3, -0.25) is 4.90 Å². The van der Waals surface area contributed by atoms with E-state index < -0.39 is 6.61 Å². The van der Waals surface area contributed by atoms with Crippen LogP contribution in [-0.2, 0) is 26.2 Å². The number of nitrogens with zero attached hydrogens (tertiary/aromatic N) is 3. The molecule has 0 spiro atoms. The number of hydrogen-bond acceptors (Lipinski definition) is 4. The molecule has 0 aliphatic carbocycles. The van der Waals surface area contributed by atoms with Crippen LogP contribution in [-0.4, -0.2) is 27.7 Å². The van der Waals surface area contributed by atoms with Crippen LogP contribution in [0.15, 0.2) is 103 Å². The Morgan fingerprint density at radius 1 is 0.756 bits per heavy atom. The number of aromatic nitrogens is 2. The first-order valence-corrected chi connectivity index (χ1v) is 15.3. The lowest BCUT2D eigenvalue weighted by Crippen LogP contribution is -2.24. The fraction of sp³-hybridized carbons (Fsp3) is 0.270. The van der Waals surface area contributed by atoms with Gasteiger partial charge in [0.1, 0.15) is 23.1 Å². The number of unbranched alkanes of at least 4 members (excludes halogenated alkanes) is 1. The summed E-state index contributed by atoms with van der Waals surface area (Å²) in [5.74, 6) is 1.43. The van der Waals surface area contributed by atoms with E-state index in [2.05, 4.69) is 27.2 Å². The summed E-state index contributed by atoms with van der Waals surface area (Å²) in [6.07, 6.45) is 1.95. The third-order valence-electron chi connectivity index (χ3n) is 7.48. The highest BCUT2D eigenvalue weighted by Crippen LogP contribution is 2.32. The van der Waals surface area contributed by atoms with Crippen LogP contribution in [0.2, 0.25) is 0 Å². The smallest absolute Gasteiger partial charge is 0.387 e. The predicted molar refractivity (Wildman–Crippen MR) is 172 cm³/mol. The summed E-state index contributed by atoms with van der Waals surface area (Å²) in [6, 6.07) is 31.4. The number of halogens is 3. The van der Waals surface area contributed by atoms with Crippen molar-refractivity contribution < 1.29 is 22.6 Å². The molecule has 0 aliphatic heterocycles. The highest BCUT2D eigenvalue weighted by Gasteiger charge is 2.23. The van der Waals surface area contributed by atoms with Gasteiger partial charge in [0.15, 0.2) is 0 Å². The third kappa shape index (κ3) is 8.54. The quantitative estimate of drug-likeness (QED) is 0.118. The summed E-state index contributed by atoms with van der Waals surface area (Å²) in [5.41, 5.74) is 5.42. The van der Waals surface area contributed by atoms with Crippen molar-refractivity contribution in [1.82, 2.24) is 14.5 Å². The fourth-order valence-electron chi connectivity index (χ4n) is 5.45. The van der Waals surface area contributed by atoms with E-state index in [1.54, 1.807) is 30.3 Å². The van der Waals surface area contributed by atoms with E-state index in [-0.39, 0.29) is 11.6 Å². The molecule has 0 radical (unpaired) electrons. The summed E-state index contributed by atoms with van der Waals surface area (Å²) < 4.78 is 52.7. The molecular weight excluding hydrogens is 575 g/mol. The molecule has 0 N–H and O–H groups in total. The average Bonchev–Trinajstić information content (AvgIpc) is 3.39. The van der Waals surface area contributed by atoms with E-state index >= 15 is 0 Å². The molecule has 4 aromatic carbocycles. The van der Waals surface area contributed by atoms with Crippen molar-refractivity contribution in [1.29, 1.82) is 0 Å². The molecule has 234 valence electrons. The van der Waals surface area contributed by atoms with Gasteiger partial charge in [-0.2, -0.15) is 8.78 Å². The Labute approximate surface area is 262 Å². The molecule has 5 rings (SSSR count). The molecule has 5 aromatic rings. The number of imidazole rings is 1. The lowest BCUT2D eigenvalue weighted by Gasteiger charge is -2.25. The highest BCUT2D eigenvalue weighted by molar-refractivity contribution is 5.68. The van der Waals surface area contributed by atoms with Gasteiger partial charge in [0.25, 0.3) is 0 Å². The number of rotatable bonds is 15. The molecule has 0 saturated carbocycles. The molecule has 1 aromatic heterocycles. The molecule has 0 atom stereocenters. The van der Waals surface area contributed by atoms with E-state index in [0.29, 0.717) is 31.8 Å². The molecule has 0 aliphatic rings.